The smallest absolute Gasteiger partial charge is 0.302 e. The lowest BCUT2D eigenvalue weighted by molar-refractivity contribution is -0.232. The summed E-state index contributed by atoms with van der Waals surface area (Å²) in [6.45, 7) is 20.8. The van der Waals surface area contributed by atoms with Crippen LogP contribution in [-0.4, -0.2) is 24.6 Å². The maximum absolute atomic E-state index is 11.9. The molecule has 0 spiro atoms. The molecule has 0 N–H and O–H groups in total. The van der Waals surface area contributed by atoms with Crippen molar-refractivity contribution in [2.75, 3.05) is 6.61 Å². The number of hydrogen-bond acceptors (Lipinski definition) is 4. The van der Waals surface area contributed by atoms with E-state index in [0.29, 0.717) is 30.3 Å². The number of esters is 2. The zero-order valence-corrected chi connectivity index (χ0v) is 25.5. The summed E-state index contributed by atoms with van der Waals surface area (Å²) in [4.78, 5) is 23.8. The van der Waals surface area contributed by atoms with E-state index in [1.54, 1.807) is 12.5 Å². The van der Waals surface area contributed by atoms with Gasteiger partial charge in [0.15, 0.2) is 0 Å². The molecule has 0 aromatic rings. The van der Waals surface area contributed by atoms with Crippen molar-refractivity contribution in [1.29, 1.82) is 0 Å². The van der Waals surface area contributed by atoms with Crippen molar-refractivity contribution >= 4 is 11.9 Å². The van der Waals surface area contributed by atoms with E-state index in [2.05, 4.69) is 60.6 Å². The zero-order valence-electron chi connectivity index (χ0n) is 25.5. The van der Waals surface area contributed by atoms with Gasteiger partial charge in [-0.15, -0.1) is 0 Å². The van der Waals surface area contributed by atoms with Gasteiger partial charge >= 0.3 is 11.9 Å². The van der Waals surface area contributed by atoms with Crippen molar-refractivity contribution < 1.29 is 19.1 Å². The summed E-state index contributed by atoms with van der Waals surface area (Å²) in [5.74, 6) is 1.93. The molecule has 4 saturated carbocycles. The Balaban J connectivity index is 1.52. The van der Waals surface area contributed by atoms with E-state index in [9.17, 15) is 9.59 Å². The Labute approximate surface area is 231 Å². The molecule has 0 radical (unpaired) electrons. The van der Waals surface area contributed by atoms with Crippen molar-refractivity contribution in [3.63, 3.8) is 0 Å². The average molecular weight is 525 g/mol. The molecule has 0 saturated heterocycles. The zero-order chi connectivity index (χ0) is 27.9. The van der Waals surface area contributed by atoms with E-state index in [1.807, 2.05) is 0 Å². The molecule has 8 atom stereocenters. The largest absolute Gasteiger partial charge is 0.465 e. The quantitative estimate of drug-likeness (QED) is 0.349. The highest BCUT2D eigenvalue weighted by atomic mass is 16.5. The van der Waals surface area contributed by atoms with Crippen LogP contribution in [-0.2, 0) is 19.1 Å². The summed E-state index contributed by atoms with van der Waals surface area (Å²) < 4.78 is 11.7. The fraction of sp³-hybridized carbons (Fsp3) is 0.824. The summed E-state index contributed by atoms with van der Waals surface area (Å²) in [5.41, 5.74) is 3.72. The first-order chi connectivity index (χ1) is 17.6. The summed E-state index contributed by atoms with van der Waals surface area (Å²) in [6, 6.07) is 0. The predicted molar refractivity (Wildman–Crippen MR) is 151 cm³/mol. The first-order valence-electron chi connectivity index (χ1n) is 15.4. The Hall–Kier alpha value is -1.58. The van der Waals surface area contributed by atoms with Gasteiger partial charge in [-0.25, -0.2) is 0 Å². The Morgan fingerprint density at radius 3 is 2.21 bits per heavy atom. The molecule has 4 nitrogen and oxygen atoms in total. The Bertz CT molecular complexity index is 1070. The monoisotopic (exact) mass is 524 g/mol. The highest BCUT2D eigenvalue weighted by Crippen LogP contribution is 2.76. The van der Waals surface area contributed by atoms with Gasteiger partial charge in [-0.1, -0.05) is 60.6 Å². The number of allylic oxidation sites excluding steroid dienone is 2. The van der Waals surface area contributed by atoms with E-state index in [4.69, 9.17) is 9.47 Å². The van der Waals surface area contributed by atoms with Crippen LogP contribution in [0.25, 0.3) is 0 Å². The fourth-order valence-electron chi connectivity index (χ4n) is 11.1. The maximum Gasteiger partial charge on any atom is 0.302 e. The molecular weight excluding hydrogens is 472 g/mol. The Morgan fingerprint density at radius 1 is 0.868 bits per heavy atom. The SMILES string of the molecule is CC(=O)OC[C@]12C=CC(C(C)C)=C1[C@H]1CC[C@@H]3[C@@]4(C)CC[C@H](OC(C)=O)C(C)(C)[C@@H]4CC[C@@]3(C)[C@]1(C)CC2. The lowest BCUT2D eigenvalue weighted by atomic mass is 9.33. The minimum Gasteiger partial charge on any atom is -0.465 e. The number of hydrogen-bond donors (Lipinski definition) is 0. The fourth-order valence-corrected chi connectivity index (χ4v) is 11.1. The second-order valence-corrected chi connectivity index (χ2v) is 15.4. The lowest BCUT2D eigenvalue weighted by Gasteiger charge is -2.72. The molecule has 5 aliphatic carbocycles. The van der Waals surface area contributed by atoms with Crippen LogP contribution in [0.3, 0.4) is 0 Å². The lowest BCUT2D eigenvalue weighted by Crippen LogP contribution is -2.66. The summed E-state index contributed by atoms with van der Waals surface area (Å²) in [5, 5.41) is 0. The second kappa shape index (κ2) is 8.96. The Morgan fingerprint density at radius 2 is 1.58 bits per heavy atom. The van der Waals surface area contributed by atoms with E-state index < -0.39 is 0 Å². The molecule has 0 aromatic heterocycles. The molecule has 0 bridgehead atoms. The van der Waals surface area contributed by atoms with Gasteiger partial charge in [-0.05, 0) is 102 Å². The second-order valence-electron chi connectivity index (χ2n) is 15.4. The molecular formula is C34H52O4. The van der Waals surface area contributed by atoms with Gasteiger partial charge in [0.1, 0.15) is 12.7 Å². The van der Waals surface area contributed by atoms with Crippen LogP contribution in [0.4, 0.5) is 0 Å². The van der Waals surface area contributed by atoms with Gasteiger partial charge in [0, 0.05) is 24.7 Å². The van der Waals surface area contributed by atoms with Gasteiger partial charge in [0.05, 0.1) is 0 Å². The Kier molecular flexibility index (Phi) is 6.60. The highest BCUT2D eigenvalue weighted by Gasteiger charge is 2.69. The van der Waals surface area contributed by atoms with Gasteiger partial charge < -0.3 is 9.47 Å². The van der Waals surface area contributed by atoms with Gasteiger partial charge in [-0.3, -0.25) is 9.59 Å². The summed E-state index contributed by atoms with van der Waals surface area (Å²) in [7, 11) is 0. The topological polar surface area (TPSA) is 52.6 Å². The van der Waals surface area contributed by atoms with Gasteiger partial charge in [0.2, 0.25) is 0 Å². The van der Waals surface area contributed by atoms with E-state index in [1.165, 1.54) is 44.6 Å². The van der Waals surface area contributed by atoms with Crippen LogP contribution < -0.4 is 0 Å². The molecule has 0 heterocycles. The number of fused-ring (bicyclic) bond motifs is 7. The molecule has 5 aliphatic rings. The predicted octanol–water partition coefficient (Wildman–Crippen LogP) is 8.06. The van der Waals surface area contributed by atoms with Crippen molar-refractivity contribution in [1.82, 2.24) is 0 Å². The molecule has 212 valence electrons. The maximum atomic E-state index is 11.9. The van der Waals surface area contributed by atoms with E-state index >= 15 is 0 Å². The van der Waals surface area contributed by atoms with Crippen molar-refractivity contribution in [3.05, 3.63) is 23.3 Å². The van der Waals surface area contributed by atoms with Crippen molar-refractivity contribution in [3.8, 4) is 0 Å². The normalized spacial score (nSPS) is 45.1. The average Bonchev–Trinajstić information content (AvgIpc) is 3.20. The number of carbonyl (C=O) groups excluding carboxylic acids is 2. The number of ether oxygens (including phenoxy) is 2. The van der Waals surface area contributed by atoms with Gasteiger partial charge in [-0.2, -0.15) is 0 Å². The third-order valence-corrected chi connectivity index (χ3v) is 13.1. The third-order valence-electron chi connectivity index (χ3n) is 13.1. The molecule has 0 unspecified atom stereocenters. The molecule has 0 aromatic carbocycles. The molecule has 4 fully saturated rings. The van der Waals surface area contributed by atoms with Crippen LogP contribution in [0.5, 0.6) is 0 Å². The molecule has 0 aliphatic heterocycles. The van der Waals surface area contributed by atoms with Crippen molar-refractivity contribution in [2.45, 2.75) is 120 Å². The molecule has 4 heteroatoms. The van der Waals surface area contributed by atoms with Crippen LogP contribution in [0.15, 0.2) is 23.3 Å². The first-order valence-corrected chi connectivity index (χ1v) is 15.4. The van der Waals surface area contributed by atoms with Gasteiger partial charge in [0.25, 0.3) is 0 Å². The third kappa shape index (κ3) is 3.74. The molecule has 0 amide bonds. The minimum absolute atomic E-state index is 0.00772. The van der Waals surface area contributed by atoms with Crippen LogP contribution >= 0.6 is 0 Å². The minimum atomic E-state index is -0.174. The van der Waals surface area contributed by atoms with Crippen LogP contribution in [0, 0.1) is 50.7 Å². The van der Waals surface area contributed by atoms with Crippen LogP contribution in [0.1, 0.15) is 114 Å². The first kappa shape index (κ1) is 28.0. The molecule has 5 rings (SSSR count). The highest BCUT2D eigenvalue weighted by molar-refractivity contribution is 5.66. The van der Waals surface area contributed by atoms with Crippen LogP contribution in [0.2, 0.25) is 0 Å². The van der Waals surface area contributed by atoms with E-state index in [-0.39, 0.29) is 45.1 Å². The summed E-state index contributed by atoms with van der Waals surface area (Å²) in [6.07, 6.45) is 14.1. The number of carbonyl (C=O) groups is 2. The van der Waals surface area contributed by atoms with Crippen molar-refractivity contribution in [2.24, 2.45) is 50.7 Å². The number of rotatable bonds is 4. The van der Waals surface area contributed by atoms with E-state index in [0.717, 1.165) is 19.3 Å². The summed E-state index contributed by atoms with van der Waals surface area (Å²) >= 11 is 0. The molecule has 38 heavy (non-hydrogen) atoms. The standard InChI is InChI=1S/C34H52O4/c1-21(2)24-12-17-34(20-37-22(3)35)19-18-32(8)25(29(24)34)10-11-27-31(7)15-14-28(38-23(4)36)30(5,6)26(31)13-16-33(27,32)9/h12,17,21,25-28H,10-11,13-16,18-20H2,1-9H3/t25-,26+,27-,28+,31+,32-,33-,34-/m1/s1.